The molecule has 1 aliphatic carbocycles. The van der Waals surface area contributed by atoms with Crippen LogP contribution in [0.3, 0.4) is 0 Å². The average molecular weight is 226 g/mol. The van der Waals surface area contributed by atoms with E-state index in [1.807, 2.05) is 0 Å². The molecule has 0 aromatic heterocycles. The zero-order chi connectivity index (χ0) is 11.8. The third-order valence-electron chi connectivity index (χ3n) is 3.78. The molecule has 0 aromatic carbocycles. The van der Waals surface area contributed by atoms with Crippen molar-refractivity contribution in [1.82, 2.24) is 10.6 Å². The highest BCUT2D eigenvalue weighted by Crippen LogP contribution is 2.29. The summed E-state index contributed by atoms with van der Waals surface area (Å²) < 4.78 is 0. The second-order valence-corrected chi connectivity index (χ2v) is 4.92. The van der Waals surface area contributed by atoms with Gasteiger partial charge in [-0.25, -0.2) is 0 Å². The molecule has 2 N–H and O–H groups in total. The number of amides is 1. The normalized spacial score (nSPS) is 25.4. The molecule has 0 radical (unpaired) electrons. The first-order chi connectivity index (χ1) is 7.76. The predicted octanol–water partition coefficient (Wildman–Crippen LogP) is 1.93. The molecule has 1 amide bonds. The lowest BCUT2D eigenvalue weighted by molar-refractivity contribution is -0.120. The monoisotopic (exact) mass is 226 g/mol. The van der Waals surface area contributed by atoms with Crippen LogP contribution in [-0.2, 0) is 4.79 Å². The van der Waals surface area contributed by atoms with Crippen molar-refractivity contribution in [2.45, 2.75) is 45.4 Å². The van der Waals surface area contributed by atoms with E-state index in [0.29, 0.717) is 6.42 Å². The predicted molar refractivity (Wildman–Crippen MR) is 67.3 cm³/mol. The second kappa shape index (κ2) is 7.66. The van der Waals surface area contributed by atoms with Crippen molar-refractivity contribution >= 4 is 5.91 Å². The number of carbonyl (C=O) groups excluding carboxylic acids is 1. The minimum atomic E-state index is 0.127. The highest BCUT2D eigenvalue weighted by Gasteiger charge is 2.19. The number of rotatable bonds is 6. The Hall–Kier alpha value is -0.570. The zero-order valence-corrected chi connectivity index (χ0v) is 10.7. The Labute approximate surface area is 99.4 Å². The van der Waals surface area contributed by atoms with Crippen molar-refractivity contribution < 1.29 is 4.79 Å². The first-order valence-corrected chi connectivity index (χ1v) is 6.67. The van der Waals surface area contributed by atoms with Crippen molar-refractivity contribution in [3.63, 3.8) is 0 Å². The summed E-state index contributed by atoms with van der Waals surface area (Å²) in [6.45, 7) is 4.20. The summed E-state index contributed by atoms with van der Waals surface area (Å²) in [5.74, 6) is 1.94. The fraction of sp³-hybridized carbons (Fsp3) is 0.923. The maximum absolute atomic E-state index is 11.0. The van der Waals surface area contributed by atoms with E-state index in [9.17, 15) is 4.79 Å². The molecule has 0 bridgehead atoms. The van der Waals surface area contributed by atoms with Gasteiger partial charge in [0.1, 0.15) is 0 Å². The first-order valence-electron chi connectivity index (χ1n) is 6.67. The molecule has 1 rings (SSSR count). The molecule has 0 aromatic rings. The van der Waals surface area contributed by atoms with Gasteiger partial charge in [-0.1, -0.05) is 26.2 Å². The highest BCUT2D eigenvalue weighted by molar-refractivity contribution is 5.75. The molecular weight excluding hydrogens is 200 g/mol. The summed E-state index contributed by atoms with van der Waals surface area (Å²) in [5, 5.41) is 6.03. The molecule has 0 spiro atoms. The largest absolute Gasteiger partial charge is 0.359 e. The smallest absolute Gasteiger partial charge is 0.221 e. The lowest BCUT2D eigenvalue weighted by atomic mass is 9.81. The van der Waals surface area contributed by atoms with Crippen LogP contribution in [0, 0.1) is 11.8 Å². The fourth-order valence-electron chi connectivity index (χ4n) is 2.48. The second-order valence-electron chi connectivity index (χ2n) is 4.92. The van der Waals surface area contributed by atoms with E-state index in [0.717, 1.165) is 24.9 Å². The van der Waals surface area contributed by atoms with Gasteiger partial charge in [0.15, 0.2) is 0 Å². The molecule has 16 heavy (non-hydrogen) atoms. The van der Waals surface area contributed by atoms with Crippen LogP contribution < -0.4 is 10.6 Å². The van der Waals surface area contributed by atoms with Crippen LogP contribution in [0.4, 0.5) is 0 Å². The summed E-state index contributed by atoms with van der Waals surface area (Å²) in [7, 11) is 1.69. The molecule has 0 atom stereocenters. The number of nitrogens with one attached hydrogen (secondary N) is 2. The lowest BCUT2D eigenvalue weighted by Gasteiger charge is -2.27. The third kappa shape index (κ3) is 4.97. The Morgan fingerprint density at radius 2 is 1.81 bits per heavy atom. The SMILES string of the molecule is CCC1CCC(CNCCC(=O)NC)CC1. The van der Waals surface area contributed by atoms with Gasteiger partial charge in [-0.15, -0.1) is 0 Å². The molecule has 0 aliphatic heterocycles. The van der Waals surface area contributed by atoms with Crippen LogP contribution >= 0.6 is 0 Å². The Kier molecular flexibility index (Phi) is 6.46. The van der Waals surface area contributed by atoms with E-state index in [4.69, 9.17) is 0 Å². The van der Waals surface area contributed by atoms with Crippen molar-refractivity contribution in [2.75, 3.05) is 20.1 Å². The summed E-state index contributed by atoms with van der Waals surface area (Å²) in [6, 6.07) is 0. The van der Waals surface area contributed by atoms with E-state index in [2.05, 4.69) is 17.6 Å². The summed E-state index contributed by atoms with van der Waals surface area (Å²) in [5.41, 5.74) is 0. The van der Waals surface area contributed by atoms with Gasteiger partial charge < -0.3 is 10.6 Å². The highest BCUT2D eigenvalue weighted by atomic mass is 16.1. The zero-order valence-electron chi connectivity index (χ0n) is 10.7. The van der Waals surface area contributed by atoms with Crippen LogP contribution in [0.2, 0.25) is 0 Å². The molecule has 1 fully saturated rings. The van der Waals surface area contributed by atoms with Crippen molar-refractivity contribution in [3.05, 3.63) is 0 Å². The lowest BCUT2D eigenvalue weighted by Crippen LogP contribution is -2.30. The van der Waals surface area contributed by atoms with Crippen LogP contribution in [-0.4, -0.2) is 26.0 Å². The molecule has 1 saturated carbocycles. The van der Waals surface area contributed by atoms with E-state index in [1.165, 1.54) is 32.1 Å². The van der Waals surface area contributed by atoms with Gasteiger partial charge in [-0.2, -0.15) is 0 Å². The average Bonchev–Trinajstić information content (AvgIpc) is 2.35. The molecule has 0 heterocycles. The van der Waals surface area contributed by atoms with Crippen LogP contribution in [0.5, 0.6) is 0 Å². The number of hydrogen-bond acceptors (Lipinski definition) is 2. The van der Waals surface area contributed by atoms with Crippen LogP contribution in [0.25, 0.3) is 0 Å². The van der Waals surface area contributed by atoms with E-state index < -0.39 is 0 Å². The van der Waals surface area contributed by atoms with Crippen molar-refractivity contribution in [3.8, 4) is 0 Å². The Morgan fingerprint density at radius 1 is 1.19 bits per heavy atom. The van der Waals surface area contributed by atoms with Gasteiger partial charge in [-0.05, 0) is 31.2 Å². The van der Waals surface area contributed by atoms with Crippen LogP contribution in [0.1, 0.15) is 45.4 Å². The molecule has 94 valence electrons. The Balaban J connectivity index is 2.00. The molecule has 0 unspecified atom stereocenters. The van der Waals surface area contributed by atoms with Gasteiger partial charge in [0.05, 0.1) is 0 Å². The molecular formula is C13H26N2O. The van der Waals surface area contributed by atoms with Crippen LogP contribution in [0.15, 0.2) is 0 Å². The van der Waals surface area contributed by atoms with Crippen molar-refractivity contribution in [2.24, 2.45) is 11.8 Å². The Bertz CT molecular complexity index is 198. The summed E-state index contributed by atoms with van der Waals surface area (Å²) in [6.07, 6.45) is 7.48. The maximum Gasteiger partial charge on any atom is 0.221 e. The molecule has 3 nitrogen and oxygen atoms in total. The van der Waals surface area contributed by atoms with Gasteiger partial charge in [0.25, 0.3) is 0 Å². The van der Waals surface area contributed by atoms with Gasteiger partial charge in [0.2, 0.25) is 5.91 Å². The maximum atomic E-state index is 11.0. The van der Waals surface area contributed by atoms with E-state index in [1.54, 1.807) is 7.05 Å². The molecule has 0 saturated heterocycles. The molecule has 3 heteroatoms. The third-order valence-corrected chi connectivity index (χ3v) is 3.78. The number of hydrogen-bond donors (Lipinski definition) is 2. The van der Waals surface area contributed by atoms with E-state index >= 15 is 0 Å². The quantitative estimate of drug-likeness (QED) is 0.679. The van der Waals surface area contributed by atoms with Gasteiger partial charge in [0, 0.05) is 20.0 Å². The fourth-order valence-corrected chi connectivity index (χ4v) is 2.48. The minimum absolute atomic E-state index is 0.127. The summed E-state index contributed by atoms with van der Waals surface area (Å²) >= 11 is 0. The standard InChI is InChI=1S/C13H26N2O/c1-3-11-4-6-12(7-5-11)10-15-9-8-13(16)14-2/h11-12,15H,3-10H2,1-2H3,(H,14,16). The summed E-state index contributed by atoms with van der Waals surface area (Å²) in [4.78, 5) is 11.0. The first kappa shape index (κ1) is 13.5. The topological polar surface area (TPSA) is 41.1 Å². The van der Waals surface area contributed by atoms with Crippen molar-refractivity contribution in [1.29, 1.82) is 0 Å². The Morgan fingerprint density at radius 3 is 2.38 bits per heavy atom. The van der Waals surface area contributed by atoms with E-state index in [-0.39, 0.29) is 5.91 Å². The number of carbonyl (C=O) groups is 1. The van der Waals surface area contributed by atoms with Gasteiger partial charge >= 0.3 is 0 Å². The minimum Gasteiger partial charge on any atom is -0.359 e. The van der Waals surface area contributed by atoms with Gasteiger partial charge in [-0.3, -0.25) is 4.79 Å². The molecule has 1 aliphatic rings.